The third-order valence-electron chi connectivity index (χ3n) is 4.57. The summed E-state index contributed by atoms with van der Waals surface area (Å²) in [4.78, 5) is 4.36. The maximum Gasteiger partial charge on any atom is 0.191 e. The third kappa shape index (κ3) is 6.98. The Balaban J connectivity index is 0.00000264. The third-order valence-corrected chi connectivity index (χ3v) is 5.97. The topological polar surface area (TPSA) is 45.7 Å². The smallest absolute Gasteiger partial charge is 0.191 e. The average molecular weight is 455 g/mol. The summed E-state index contributed by atoms with van der Waals surface area (Å²) in [5.74, 6) is 2.81. The molecule has 0 aromatic rings. The van der Waals surface area contributed by atoms with Crippen molar-refractivity contribution in [2.45, 2.75) is 57.8 Å². The summed E-state index contributed by atoms with van der Waals surface area (Å²) >= 11 is 2.08. The van der Waals surface area contributed by atoms with Crippen molar-refractivity contribution in [2.75, 3.05) is 32.5 Å². The van der Waals surface area contributed by atoms with Crippen molar-refractivity contribution < 1.29 is 4.74 Å². The Morgan fingerprint density at radius 2 is 1.91 bits per heavy atom. The van der Waals surface area contributed by atoms with Gasteiger partial charge in [0.05, 0.1) is 6.10 Å². The molecule has 4 nitrogen and oxygen atoms in total. The first-order valence-electron chi connectivity index (χ1n) is 8.68. The van der Waals surface area contributed by atoms with Crippen LogP contribution in [0.15, 0.2) is 4.99 Å². The van der Waals surface area contributed by atoms with Crippen molar-refractivity contribution in [1.82, 2.24) is 10.6 Å². The molecule has 23 heavy (non-hydrogen) atoms. The Kier molecular flexibility index (Phi) is 9.59. The van der Waals surface area contributed by atoms with E-state index in [9.17, 15) is 0 Å². The van der Waals surface area contributed by atoms with Crippen molar-refractivity contribution in [3.63, 3.8) is 0 Å². The molecule has 0 aromatic carbocycles. The molecule has 2 saturated heterocycles. The summed E-state index contributed by atoms with van der Waals surface area (Å²) in [7, 11) is 1.86. The molecule has 3 unspecified atom stereocenters. The summed E-state index contributed by atoms with van der Waals surface area (Å²) in [6, 6.07) is 0. The van der Waals surface area contributed by atoms with E-state index in [4.69, 9.17) is 4.74 Å². The van der Waals surface area contributed by atoms with Crippen LogP contribution in [-0.2, 0) is 4.74 Å². The van der Waals surface area contributed by atoms with Crippen LogP contribution in [0.5, 0.6) is 0 Å². The van der Waals surface area contributed by atoms with Gasteiger partial charge >= 0.3 is 0 Å². The lowest BCUT2D eigenvalue weighted by atomic mass is 9.78. The molecule has 0 spiro atoms. The lowest BCUT2D eigenvalue weighted by Gasteiger charge is -2.40. The zero-order chi connectivity index (χ0) is 16.0. The SMILES string of the molecule is CN=C(NCC1CCCS1)NCC1CCCOC1C(C)(C)C.I. The first-order chi connectivity index (χ1) is 10.5. The molecule has 0 bridgehead atoms. The second-order valence-electron chi connectivity index (χ2n) is 7.53. The van der Waals surface area contributed by atoms with Crippen molar-refractivity contribution in [3.05, 3.63) is 0 Å². The van der Waals surface area contributed by atoms with Gasteiger partial charge < -0.3 is 15.4 Å². The number of rotatable bonds is 4. The van der Waals surface area contributed by atoms with Gasteiger partial charge in [-0.15, -0.1) is 24.0 Å². The van der Waals surface area contributed by atoms with Gasteiger partial charge in [0.1, 0.15) is 0 Å². The monoisotopic (exact) mass is 455 g/mol. The number of thioether (sulfide) groups is 1. The largest absolute Gasteiger partial charge is 0.377 e. The molecule has 0 aromatic heterocycles. The molecule has 2 aliphatic heterocycles. The minimum absolute atomic E-state index is 0. The molecule has 3 atom stereocenters. The highest BCUT2D eigenvalue weighted by Gasteiger charge is 2.35. The lowest BCUT2D eigenvalue weighted by Crippen LogP contribution is -2.48. The molecule has 136 valence electrons. The zero-order valence-electron chi connectivity index (χ0n) is 15.1. The van der Waals surface area contributed by atoms with E-state index in [0.29, 0.717) is 12.0 Å². The molecule has 2 aliphatic rings. The number of ether oxygens (including phenoxy) is 1. The van der Waals surface area contributed by atoms with E-state index in [0.717, 1.165) is 30.9 Å². The fourth-order valence-electron chi connectivity index (χ4n) is 3.47. The summed E-state index contributed by atoms with van der Waals surface area (Å²) in [5, 5.41) is 7.75. The van der Waals surface area contributed by atoms with Gasteiger partial charge in [0.25, 0.3) is 0 Å². The van der Waals surface area contributed by atoms with Crippen LogP contribution in [0.1, 0.15) is 46.5 Å². The van der Waals surface area contributed by atoms with Crippen molar-refractivity contribution in [2.24, 2.45) is 16.3 Å². The molecular formula is C17H34IN3OS. The maximum atomic E-state index is 6.06. The molecule has 0 saturated carbocycles. The number of guanidine groups is 1. The Morgan fingerprint density at radius 1 is 1.17 bits per heavy atom. The van der Waals surface area contributed by atoms with Crippen LogP contribution >= 0.6 is 35.7 Å². The number of hydrogen-bond donors (Lipinski definition) is 2. The first-order valence-corrected chi connectivity index (χ1v) is 9.73. The minimum atomic E-state index is 0. The first kappa shape index (κ1) is 21.4. The number of hydrogen-bond acceptors (Lipinski definition) is 3. The van der Waals surface area contributed by atoms with Crippen molar-refractivity contribution >= 4 is 41.7 Å². The standard InChI is InChI=1S/C17H33N3OS.HI/c1-17(2,3)15-13(7-5-9-21-15)11-19-16(18-4)20-12-14-8-6-10-22-14;/h13-15H,5-12H2,1-4H3,(H2,18,19,20);1H. The van der Waals surface area contributed by atoms with E-state index in [1.807, 2.05) is 7.05 Å². The van der Waals surface area contributed by atoms with Crippen LogP contribution in [0, 0.1) is 11.3 Å². The predicted molar refractivity (Wildman–Crippen MR) is 112 cm³/mol. The van der Waals surface area contributed by atoms with Gasteiger partial charge in [0.15, 0.2) is 5.96 Å². The fraction of sp³-hybridized carbons (Fsp3) is 0.941. The lowest BCUT2D eigenvalue weighted by molar-refractivity contribution is -0.0835. The van der Waals surface area contributed by atoms with Crippen molar-refractivity contribution in [1.29, 1.82) is 0 Å². The normalized spacial score (nSPS) is 29.0. The van der Waals surface area contributed by atoms with Gasteiger partial charge in [-0.25, -0.2) is 0 Å². The van der Waals surface area contributed by atoms with Crippen LogP contribution in [0.3, 0.4) is 0 Å². The fourth-order valence-corrected chi connectivity index (χ4v) is 4.67. The van der Waals surface area contributed by atoms with E-state index in [-0.39, 0.29) is 29.4 Å². The molecule has 2 fully saturated rings. The Bertz CT molecular complexity index is 367. The van der Waals surface area contributed by atoms with Gasteiger partial charge in [-0.05, 0) is 36.9 Å². The quantitative estimate of drug-likeness (QED) is 0.387. The van der Waals surface area contributed by atoms with E-state index < -0.39 is 0 Å². The Hall–Kier alpha value is 0.310. The van der Waals surface area contributed by atoms with Gasteiger partial charge in [0, 0.05) is 37.9 Å². The summed E-state index contributed by atoms with van der Waals surface area (Å²) < 4.78 is 6.06. The highest BCUT2D eigenvalue weighted by Crippen LogP contribution is 2.33. The summed E-state index contributed by atoms with van der Waals surface area (Å²) in [5.41, 5.74) is 0.199. The van der Waals surface area contributed by atoms with Crippen molar-refractivity contribution in [3.8, 4) is 0 Å². The molecule has 6 heteroatoms. The summed E-state index contributed by atoms with van der Waals surface area (Å²) in [6.07, 6.45) is 5.43. The van der Waals surface area contributed by atoms with Crippen LogP contribution < -0.4 is 10.6 Å². The molecular weight excluding hydrogens is 421 g/mol. The molecule has 2 N–H and O–H groups in total. The number of nitrogens with zero attached hydrogens (tertiary/aromatic N) is 1. The number of halogens is 1. The molecule has 0 amide bonds. The molecule has 2 rings (SSSR count). The van der Waals surface area contributed by atoms with Gasteiger partial charge in [-0.2, -0.15) is 11.8 Å². The van der Waals surface area contributed by atoms with Gasteiger partial charge in [0.2, 0.25) is 0 Å². The van der Waals surface area contributed by atoms with E-state index in [1.54, 1.807) is 0 Å². The minimum Gasteiger partial charge on any atom is -0.377 e. The zero-order valence-corrected chi connectivity index (χ0v) is 18.2. The second kappa shape index (κ2) is 10.3. The number of aliphatic imine (C=N–C) groups is 1. The maximum absolute atomic E-state index is 6.06. The summed E-state index contributed by atoms with van der Waals surface area (Å²) in [6.45, 7) is 9.71. The molecule has 0 radical (unpaired) electrons. The van der Waals surface area contributed by atoms with E-state index in [1.165, 1.54) is 31.4 Å². The van der Waals surface area contributed by atoms with Crippen LogP contribution in [-0.4, -0.2) is 49.8 Å². The van der Waals surface area contributed by atoms with E-state index in [2.05, 4.69) is 48.2 Å². The highest BCUT2D eigenvalue weighted by molar-refractivity contribution is 14.0. The molecule has 2 heterocycles. The molecule has 0 aliphatic carbocycles. The average Bonchev–Trinajstić information content (AvgIpc) is 3.00. The van der Waals surface area contributed by atoms with E-state index >= 15 is 0 Å². The number of nitrogens with one attached hydrogen (secondary N) is 2. The van der Waals surface area contributed by atoms with Crippen LogP contribution in [0.25, 0.3) is 0 Å². The van der Waals surface area contributed by atoms with Gasteiger partial charge in [-0.3, -0.25) is 4.99 Å². The van der Waals surface area contributed by atoms with Gasteiger partial charge in [-0.1, -0.05) is 20.8 Å². The van der Waals surface area contributed by atoms with Crippen LogP contribution in [0.2, 0.25) is 0 Å². The predicted octanol–water partition coefficient (Wildman–Crippen LogP) is 3.51. The van der Waals surface area contributed by atoms with Crippen LogP contribution in [0.4, 0.5) is 0 Å². The second-order valence-corrected chi connectivity index (χ2v) is 8.94. The highest BCUT2D eigenvalue weighted by atomic mass is 127. The Morgan fingerprint density at radius 3 is 2.52 bits per heavy atom. The Labute approximate surface area is 163 Å².